The Labute approximate surface area is 349 Å². The van der Waals surface area contributed by atoms with Crippen molar-refractivity contribution in [3.05, 3.63) is 48.4 Å². The van der Waals surface area contributed by atoms with Crippen LogP contribution < -0.4 is 0 Å². The van der Waals surface area contributed by atoms with Gasteiger partial charge < -0.3 is 38.1 Å². The minimum atomic E-state index is -1.31. The molecule has 0 aromatic carbocycles. The Hall–Kier alpha value is -3.53. The Bertz CT molecular complexity index is 1800. The summed E-state index contributed by atoms with van der Waals surface area (Å²) in [5.74, 6) is -2.38. The summed E-state index contributed by atoms with van der Waals surface area (Å²) in [6.45, 7) is 21.3. The number of likely N-dealkylation sites (N-methyl/N-ethyl adjacent to an activating group) is 1. The first-order valence-electron chi connectivity index (χ1n) is 21.3. The lowest BCUT2D eigenvalue weighted by Gasteiger charge is -2.49. The van der Waals surface area contributed by atoms with Crippen LogP contribution in [0.5, 0.6) is 0 Å². The van der Waals surface area contributed by atoms with Crippen molar-refractivity contribution in [3.8, 4) is 5.82 Å². The molecule has 2 aromatic heterocycles. The number of cyclic esters (lactones) is 1. The monoisotopic (exact) mass is 822 g/mol. The van der Waals surface area contributed by atoms with Gasteiger partial charge in [0.25, 0.3) is 0 Å². The molecule has 0 saturated carbocycles. The van der Waals surface area contributed by atoms with E-state index in [1.165, 1.54) is 6.92 Å². The molecule has 14 nitrogen and oxygen atoms in total. The van der Waals surface area contributed by atoms with Gasteiger partial charge in [-0.15, -0.1) is 0 Å². The van der Waals surface area contributed by atoms with Crippen molar-refractivity contribution in [2.45, 2.75) is 148 Å². The van der Waals surface area contributed by atoms with E-state index < -0.39 is 77.7 Å². The van der Waals surface area contributed by atoms with Gasteiger partial charge in [-0.2, -0.15) is 5.10 Å². The van der Waals surface area contributed by atoms with E-state index in [4.69, 9.17) is 38.1 Å². The summed E-state index contributed by atoms with van der Waals surface area (Å²) in [7, 11) is 3.90. The fraction of sp³-hybridized carbons (Fsp3) is 0.711. The average Bonchev–Trinajstić information content (AvgIpc) is 3.78. The molecule has 4 aliphatic heterocycles. The number of ketones is 1. The van der Waals surface area contributed by atoms with Gasteiger partial charge in [0, 0.05) is 42.6 Å². The van der Waals surface area contributed by atoms with E-state index >= 15 is 0 Å². The molecule has 6 rings (SSSR count). The summed E-state index contributed by atoms with van der Waals surface area (Å²) in [5, 5.41) is 4.40. The molecule has 14 heteroatoms. The molecule has 4 saturated heterocycles. The van der Waals surface area contributed by atoms with E-state index in [0.717, 1.165) is 11.1 Å². The van der Waals surface area contributed by atoms with Gasteiger partial charge in [-0.3, -0.25) is 14.4 Å². The second-order valence-electron chi connectivity index (χ2n) is 18.2. The van der Waals surface area contributed by atoms with Crippen LogP contribution in [0.3, 0.4) is 0 Å². The first-order chi connectivity index (χ1) is 27.9. The second-order valence-corrected chi connectivity index (χ2v) is 18.2. The highest BCUT2D eigenvalue weighted by molar-refractivity contribution is 5.92. The SMILES string of the molecule is C=Cc1cnn(-c2ccc(CC3CO[C@H]4[C@@H](C)[C@@H](O[C@@H]5O[C@H](C)C[C@H](N(C)C)[C@H]5OC(C)=O)[C@](C)(C[C@@H](C)C5OC(C)(C(=O)C5C)[C@@H](CC)OC(=O)[C@@H]4C)OC3)cn2)c1. The molecule has 59 heavy (non-hydrogen) atoms. The number of hydrogen-bond donors (Lipinski definition) is 0. The Balaban J connectivity index is 1.41. The third kappa shape index (κ3) is 9.38. The Morgan fingerprint density at radius 1 is 1.07 bits per heavy atom. The molecule has 15 atom stereocenters. The zero-order chi connectivity index (χ0) is 43.0. The van der Waals surface area contributed by atoms with Crippen LogP contribution in [0.4, 0.5) is 0 Å². The van der Waals surface area contributed by atoms with Crippen molar-refractivity contribution in [1.29, 1.82) is 0 Å². The van der Waals surface area contributed by atoms with Crippen molar-refractivity contribution in [2.75, 3.05) is 27.3 Å². The Morgan fingerprint density at radius 2 is 1.81 bits per heavy atom. The van der Waals surface area contributed by atoms with E-state index in [-0.39, 0.29) is 43.0 Å². The van der Waals surface area contributed by atoms with Gasteiger partial charge in [0.05, 0.1) is 61.4 Å². The maximum Gasteiger partial charge on any atom is 0.311 e. The van der Waals surface area contributed by atoms with Crippen molar-refractivity contribution >= 4 is 23.8 Å². The lowest BCUT2D eigenvalue weighted by molar-refractivity contribution is -0.305. The van der Waals surface area contributed by atoms with Crippen LogP contribution in [0.25, 0.3) is 11.9 Å². The standard InChI is InChI=1S/C45H66N4O10/c1-13-31-21-47-49(22-31)36-16-15-32(20-46-36)18-33-23-53-38-28(6)41(58-43-39(56-30(8)50)34(48(11)12)17-26(4)55-43)44(9,54-24-33)19-25(3)37-27(5)40(51)45(10,59-37)35(14-2)57-42(52)29(38)7/h13,15-16,20-22,25-29,33-35,37-39,41,43H,1,14,17-19,23-24H2,2-12H3/t25-,26-,27?,28-,29-,33?,34+,35-,37?,38+,39-,41-,43+,44+,45?/m1/s1. The van der Waals surface area contributed by atoms with Crippen LogP contribution in [-0.2, 0) is 54.0 Å². The summed E-state index contributed by atoms with van der Waals surface area (Å²) in [4.78, 5) is 47.8. The number of pyridine rings is 1. The first kappa shape index (κ1) is 45.0. The molecule has 2 aromatic rings. The van der Waals surface area contributed by atoms with Crippen LogP contribution in [0.2, 0.25) is 0 Å². The van der Waals surface area contributed by atoms with Crippen molar-refractivity contribution in [2.24, 2.45) is 29.6 Å². The predicted octanol–water partition coefficient (Wildman–Crippen LogP) is 5.62. The number of rotatable bonds is 9. The number of carbonyl (C=O) groups excluding carboxylic acids is 3. The van der Waals surface area contributed by atoms with Gasteiger partial charge in [-0.25, -0.2) is 9.67 Å². The molecule has 326 valence electrons. The second kappa shape index (κ2) is 18.2. The lowest BCUT2D eigenvalue weighted by atomic mass is 9.75. The summed E-state index contributed by atoms with van der Waals surface area (Å²) < 4.78 is 48.5. The summed E-state index contributed by atoms with van der Waals surface area (Å²) >= 11 is 0. The van der Waals surface area contributed by atoms with Crippen LogP contribution in [0, 0.1) is 29.6 Å². The minimum Gasteiger partial charge on any atom is -0.459 e. The maximum atomic E-state index is 14.4. The van der Waals surface area contributed by atoms with E-state index in [0.29, 0.717) is 31.5 Å². The fourth-order valence-electron chi connectivity index (χ4n) is 10.0. The number of carbonyl (C=O) groups is 3. The molecule has 4 unspecified atom stereocenters. The van der Waals surface area contributed by atoms with Gasteiger partial charge in [0.15, 0.2) is 29.6 Å². The summed E-state index contributed by atoms with van der Waals surface area (Å²) in [6, 6.07) is 3.76. The quantitative estimate of drug-likeness (QED) is 0.288. The molecule has 4 aliphatic rings. The molecular weight excluding hydrogens is 757 g/mol. The van der Waals surface area contributed by atoms with Gasteiger partial charge in [0.1, 0.15) is 6.10 Å². The largest absolute Gasteiger partial charge is 0.459 e. The predicted molar refractivity (Wildman–Crippen MR) is 219 cm³/mol. The first-order valence-corrected chi connectivity index (χ1v) is 21.3. The lowest BCUT2D eigenvalue weighted by Crippen LogP contribution is -2.60. The zero-order valence-electron chi connectivity index (χ0n) is 36.8. The number of nitrogens with zero attached hydrogens (tertiary/aromatic N) is 4. The average molecular weight is 823 g/mol. The molecule has 4 fully saturated rings. The van der Waals surface area contributed by atoms with Crippen molar-refractivity contribution < 1.29 is 47.5 Å². The number of aromatic nitrogens is 3. The summed E-state index contributed by atoms with van der Waals surface area (Å²) in [5.41, 5.74) is -0.477. The molecule has 4 bridgehead atoms. The number of esters is 2. The normalized spacial score (nSPS) is 39.6. The minimum absolute atomic E-state index is 0.0865. The highest BCUT2D eigenvalue weighted by Gasteiger charge is 2.59. The van der Waals surface area contributed by atoms with E-state index in [2.05, 4.69) is 18.6 Å². The van der Waals surface area contributed by atoms with Crippen LogP contribution >= 0.6 is 0 Å². The molecule has 6 heterocycles. The molecule has 0 spiro atoms. The molecule has 0 aliphatic carbocycles. The molecular formula is C45H66N4O10. The van der Waals surface area contributed by atoms with Crippen LogP contribution in [0.15, 0.2) is 37.3 Å². The number of ether oxygens (including phenoxy) is 7. The number of hydrogen-bond acceptors (Lipinski definition) is 13. The third-order valence-corrected chi connectivity index (χ3v) is 13.2. The molecule has 0 N–H and O–H groups in total. The van der Waals surface area contributed by atoms with Gasteiger partial charge >= 0.3 is 11.9 Å². The Morgan fingerprint density at radius 3 is 2.44 bits per heavy atom. The van der Waals surface area contributed by atoms with Gasteiger partial charge in [-0.1, -0.05) is 46.4 Å². The highest BCUT2D eigenvalue weighted by Crippen LogP contribution is 2.46. The highest BCUT2D eigenvalue weighted by atomic mass is 16.7. The van der Waals surface area contributed by atoms with Gasteiger partial charge in [0.2, 0.25) is 0 Å². The topological polar surface area (TPSA) is 150 Å². The number of Topliss-reactive ketones (excluding diaryl/α,β-unsaturated/α-hetero) is 1. The third-order valence-electron chi connectivity index (χ3n) is 13.2. The van der Waals surface area contributed by atoms with Crippen molar-refractivity contribution in [1.82, 2.24) is 19.7 Å². The molecule has 0 amide bonds. The Kier molecular flexibility index (Phi) is 13.9. The van der Waals surface area contributed by atoms with E-state index in [1.807, 2.05) is 85.1 Å². The van der Waals surface area contributed by atoms with Crippen LogP contribution in [0.1, 0.15) is 92.7 Å². The number of fused-ring (bicyclic) bond motifs is 5. The fourth-order valence-corrected chi connectivity index (χ4v) is 10.0. The van der Waals surface area contributed by atoms with E-state index in [1.54, 1.807) is 23.9 Å². The van der Waals surface area contributed by atoms with Crippen LogP contribution in [-0.4, -0.2) is 125 Å². The van der Waals surface area contributed by atoms with E-state index in [9.17, 15) is 14.4 Å². The summed E-state index contributed by atoms with van der Waals surface area (Å²) in [6.07, 6.45) is 4.56. The molecule has 0 radical (unpaired) electrons. The zero-order valence-corrected chi connectivity index (χ0v) is 36.8. The smallest absolute Gasteiger partial charge is 0.311 e. The maximum absolute atomic E-state index is 14.4. The van der Waals surface area contributed by atoms with Gasteiger partial charge in [-0.05, 0) is 85.0 Å². The van der Waals surface area contributed by atoms with Crippen molar-refractivity contribution in [3.63, 3.8) is 0 Å².